The van der Waals surface area contributed by atoms with Crippen LogP contribution in [0, 0.1) is 23.2 Å². The molecule has 19 heavy (non-hydrogen) atoms. The number of nitrogens with one attached hydrogen (secondary N) is 2. The lowest BCUT2D eigenvalue weighted by Crippen LogP contribution is -2.58. The molecule has 0 spiro atoms. The van der Waals surface area contributed by atoms with Gasteiger partial charge in [-0.2, -0.15) is 0 Å². The molecule has 1 amide bonds. The summed E-state index contributed by atoms with van der Waals surface area (Å²) in [4.78, 5) is 12.1. The van der Waals surface area contributed by atoms with Gasteiger partial charge in [-0.3, -0.25) is 10.6 Å². The van der Waals surface area contributed by atoms with Crippen LogP contribution in [-0.4, -0.2) is 18.0 Å². The molecule has 4 nitrogen and oxygen atoms in total. The minimum atomic E-state index is -0.678. The van der Waals surface area contributed by atoms with Crippen LogP contribution < -0.4 is 16.6 Å². The largest absolute Gasteiger partial charge is 0.354 e. The Kier molecular flexibility index (Phi) is 3.13. The number of carbonyl (C=O) groups is 1. The Balaban J connectivity index is 1.62. The second-order valence-corrected chi connectivity index (χ2v) is 7.87. The van der Waals surface area contributed by atoms with Crippen molar-refractivity contribution >= 4 is 5.91 Å². The van der Waals surface area contributed by atoms with Crippen molar-refractivity contribution in [2.45, 2.75) is 57.9 Å². The van der Waals surface area contributed by atoms with Gasteiger partial charge in [0.05, 0.1) is 0 Å². The summed E-state index contributed by atoms with van der Waals surface area (Å²) < 4.78 is 0. The average molecular weight is 265 g/mol. The van der Waals surface area contributed by atoms with Crippen molar-refractivity contribution in [3.05, 3.63) is 0 Å². The lowest BCUT2D eigenvalue weighted by Gasteiger charge is -2.57. The lowest BCUT2D eigenvalue weighted by atomic mass is 9.49. The topological polar surface area (TPSA) is 67.1 Å². The molecule has 0 aliphatic heterocycles. The number of amides is 1. The fourth-order valence-electron chi connectivity index (χ4n) is 5.06. The van der Waals surface area contributed by atoms with Crippen LogP contribution in [0.25, 0.3) is 0 Å². The molecule has 4 bridgehead atoms. The summed E-state index contributed by atoms with van der Waals surface area (Å²) in [6.45, 7) is 4.49. The van der Waals surface area contributed by atoms with Gasteiger partial charge < -0.3 is 5.32 Å². The minimum Gasteiger partial charge on any atom is -0.354 e. The van der Waals surface area contributed by atoms with E-state index in [9.17, 15) is 4.79 Å². The van der Waals surface area contributed by atoms with Crippen molar-refractivity contribution in [2.75, 3.05) is 6.54 Å². The van der Waals surface area contributed by atoms with Crippen LogP contribution in [0.2, 0.25) is 0 Å². The van der Waals surface area contributed by atoms with Crippen LogP contribution in [0.4, 0.5) is 0 Å². The van der Waals surface area contributed by atoms with Gasteiger partial charge in [0.2, 0.25) is 5.91 Å². The van der Waals surface area contributed by atoms with E-state index in [1.807, 2.05) is 13.8 Å². The van der Waals surface area contributed by atoms with Gasteiger partial charge in [-0.15, -0.1) is 0 Å². The van der Waals surface area contributed by atoms with E-state index in [-0.39, 0.29) is 5.91 Å². The fourth-order valence-corrected chi connectivity index (χ4v) is 5.06. The highest BCUT2D eigenvalue weighted by Crippen LogP contribution is 2.59. The third kappa shape index (κ3) is 2.40. The number of hydrogen-bond donors (Lipinski definition) is 3. The second-order valence-electron chi connectivity index (χ2n) is 7.87. The average Bonchev–Trinajstić information content (AvgIpc) is 2.34. The highest BCUT2D eigenvalue weighted by Gasteiger charge is 2.50. The fraction of sp³-hybridized carbons (Fsp3) is 0.933. The standard InChI is InChI=1S/C15H27N3O/c1-14(2,18-16)13(19)17-9-15-6-10-3-11(7-15)5-12(4-10)8-15/h10-12,18H,3-9,16H2,1-2H3,(H,17,19). The van der Waals surface area contributed by atoms with Gasteiger partial charge >= 0.3 is 0 Å². The van der Waals surface area contributed by atoms with Crippen LogP contribution in [0.3, 0.4) is 0 Å². The summed E-state index contributed by atoms with van der Waals surface area (Å²) in [5, 5.41) is 3.15. The number of nitrogens with two attached hydrogens (primary N) is 1. The second kappa shape index (κ2) is 4.45. The molecule has 108 valence electrons. The van der Waals surface area contributed by atoms with Crippen molar-refractivity contribution in [3.8, 4) is 0 Å². The van der Waals surface area contributed by atoms with E-state index in [1.165, 1.54) is 38.5 Å². The summed E-state index contributed by atoms with van der Waals surface area (Å²) in [6, 6.07) is 0. The van der Waals surface area contributed by atoms with Crippen LogP contribution in [0.5, 0.6) is 0 Å². The maximum Gasteiger partial charge on any atom is 0.241 e. The Morgan fingerprint density at radius 3 is 2.05 bits per heavy atom. The summed E-state index contributed by atoms with van der Waals surface area (Å²) in [6.07, 6.45) is 8.33. The molecule has 0 radical (unpaired) electrons. The van der Waals surface area contributed by atoms with Gasteiger partial charge in [-0.05, 0) is 75.5 Å². The molecule has 4 fully saturated rings. The first-order valence-corrected chi connectivity index (χ1v) is 7.68. The van der Waals surface area contributed by atoms with Crippen LogP contribution >= 0.6 is 0 Å². The normalized spacial score (nSPS) is 40.5. The predicted octanol–water partition coefficient (Wildman–Crippen LogP) is 1.56. The molecule has 4 saturated carbocycles. The van der Waals surface area contributed by atoms with E-state index in [0.717, 1.165) is 24.3 Å². The maximum absolute atomic E-state index is 12.1. The van der Waals surface area contributed by atoms with E-state index >= 15 is 0 Å². The van der Waals surface area contributed by atoms with Gasteiger partial charge in [0.25, 0.3) is 0 Å². The Hall–Kier alpha value is -0.610. The molecule has 4 aliphatic rings. The minimum absolute atomic E-state index is 0.0192. The van der Waals surface area contributed by atoms with Crippen LogP contribution in [0.1, 0.15) is 52.4 Å². The molecular formula is C15H27N3O. The summed E-state index contributed by atoms with van der Waals surface area (Å²) >= 11 is 0. The van der Waals surface area contributed by atoms with Gasteiger partial charge in [0, 0.05) is 6.54 Å². The molecule has 4 N–H and O–H groups in total. The van der Waals surface area contributed by atoms with Crippen molar-refractivity contribution in [1.82, 2.24) is 10.7 Å². The highest BCUT2D eigenvalue weighted by molar-refractivity contribution is 5.85. The first-order valence-electron chi connectivity index (χ1n) is 7.68. The van der Waals surface area contributed by atoms with E-state index in [2.05, 4.69) is 10.7 Å². The van der Waals surface area contributed by atoms with E-state index < -0.39 is 5.54 Å². The molecule has 4 rings (SSSR count). The van der Waals surface area contributed by atoms with Crippen molar-refractivity contribution in [2.24, 2.45) is 29.0 Å². The van der Waals surface area contributed by atoms with Crippen LogP contribution in [0.15, 0.2) is 0 Å². The lowest BCUT2D eigenvalue weighted by molar-refractivity contribution is -0.128. The van der Waals surface area contributed by atoms with Crippen LogP contribution in [-0.2, 0) is 4.79 Å². The molecule has 0 atom stereocenters. The zero-order valence-corrected chi connectivity index (χ0v) is 12.2. The zero-order valence-electron chi connectivity index (χ0n) is 12.2. The molecular weight excluding hydrogens is 238 g/mol. The molecule has 0 heterocycles. The zero-order chi connectivity index (χ0) is 13.7. The molecule has 4 heteroatoms. The molecule has 0 aromatic carbocycles. The quantitative estimate of drug-likeness (QED) is 0.534. The van der Waals surface area contributed by atoms with Crippen molar-refractivity contribution in [3.63, 3.8) is 0 Å². The van der Waals surface area contributed by atoms with Crippen molar-refractivity contribution in [1.29, 1.82) is 0 Å². The number of hydrazine groups is 1. The highest BCUT2D eigenvalue weighted by atomic mass is 16.2. The summed E-state index contributed by atoms with van der Waals surface area (Å²) in [5.41, 5.74) is 2.31. The Labute approximate surface area is 115 Å². The first-order chi connectivity index (χ1) is 8.92. The third-order valence-electron chi connectivity index (χ3n) is 5.72. The Bertz CT molecular complexity index is 342. The Morgan fingerprint density at radius 1 is 1.16 bits per heavy atom. The first kappa shape index (κ1) is 13.4. The Morgan fingerprint density at radius 2 is 1.63 bits per heavy atom. The van der Waals surface area contributed by atoms with Gasteiger partial charge in [-0.25, -0.2) is 5.43 Å². The van der Waals surface area contributed by atoms with E-state index in [1.54, 1.807) is 0 Å². The SMILES string of the molecule is CC(C)(NN)C(=O)NCC12CC3CC(CC(C3)C1)C2. The van der Waals surface area contributed by atoms with E-state index in [0.29, 0.717) is 5.41 Å². The van der Waals surface area contributed by atoms with Gasteiger partial charge in [-0.1, -0.05) is 0 Å². The number of carbonyl (C=O) groups excluding carboxylic acids is 1. The predicted molar refractivity (Wildman–Crippen MR) is 75.0 cm³/mol. The van der Waals surface area contributed by atoms with Gasteiger partial charge in [0.1, 0.15) is 5.54 Å². The third-order valence-corrected chi connectivity index (χ3v) is 5.72. The monoisotopic (exact) mass is 265 g/mol. The molecule has 4 aliphatic carbocycles. The summed E-state index contributed by atoms with van der Waals surface area (Å²) in [7, 11) is 0. The van der Waals surface area contributed by atoms with Gasteiger partial charge in [0.15, 0.2) is 0 Å². The smallest absolute Gasteiger partial charge is 0.241 e. The number of hydrogen-bond acceptors (Lipinski definition) is 3. The van der Waals surface area contributed by atoms with E-state index in [4.69, 9.17) is 5.84 Å². The molecule has 0 saturated heterocycles. The number of rotatable bonds is 4. The maximum atomic E-state index is 12.1. The molecule has 0 unspecified atom stereocenters. The summed E-state index contributed by atoms with van der Waals surface area (Å²) in [5.74, 6) is 8.25. The molecule has 0 aromatic rings. The molecule has 0 aromatic heterocycles. The van der Waals surface area contributed by atoms with Crippen molar-refractivity contribution < 1.29 is 4.79 Å².